The Hall–Kier alpha value is -1.81. The van der Waals surface area contributed by atoms with E-state index in [1.54, 1.807) is 31.2 Å². The normalized spacial score (nSPS) is 12.1. The van der Waals surface area contributed by atoms with Gasteiger partial charge in [-0.2, -0.15) is 0 Å². The molecule has 0 atom stereocenters. The maximum Gasteiger partial charge on any atom is 0.352 e. The van der Waals surface area contributed by atoms with Crippen molar-refractivity contribution >= 4 is 11.5 Å². The van der Waals surface area contributed by atoms with E-state index >= 15 is 0 Å². The molecule has 0 amide bonds. The van der Waals surface area contributed by atoms with Gasteiger partial charge in [0.05, 0.1) is 6.61 Å². The molecule has 0 unspecified atom stereocenters. The van der Waals surface area contributed by atoms with Crippen molar-refractivity contribution in [2.75, 3.05) is 0 Å². The molecule has 0 heterocycles. The number of hydrogen-bond acceptors (Lipinski definition) is 3. The van der Waals surface area contributed by atoms with Gasteiger partial charge in [-0.3, -0.25) is 0 Å². The lowest BCUT2D eigenvalue weighted by Crippen LogP contribution is -2.12. The minimum atomic E-state index is -1.14. The Morgan fingerprint density at radius 2 is 2.13 bits per heavy atom. The van der Waals surface area contributed by atoms with Crippen LogP contribution < -0.4 is 5.73 Å². The van der Waals surface area contributed by atoms with Gasteiger partial charge in [0.1, 0.15) is 5.70 Å². The fourth-order valence-electron chi connectivity index (χ4n) is 1.22. The Labute approximate surface area is 87.7 Å². The summed E-state index contributed by atoms with van der Waals surface area (Å²) in [5, 5.41) is 17.6. The van der Waals surface area contributed by atoms with Crippen molar-refractivity contribution in [1.29, 1.82) is 0 Å². The van der Waals surface area contributed by atoms with Crippen LogP contribution in [0.5, 0.6) is 0 Å². The lowest BCUT2D eigenvalue weighted by atomic mass is 10.0. The van der Waals surface area contributed by atoms with E-state index in [1.807, 2.05) is 0 Å². The second-order valence-corrected chi connectivity index (χ2v) is 3.20. The predicted octanol–water partition coefficient (Wildman–Crippen LogP) is 0.953. The number of carboxylic acids is 1. The third-order valence-corrected chi connectivity index (χ3v) is 2.18. The van der Waals surface area contributed by atoms with E-state index < -0.39 is 5.97 Å². The summed E-state index contributed by atoms with van der Waals surface area (Å²) in [7, 11) is 0. The SMILES string of the molecule is CC(=C(N)C(=O)O)c1cccc(CO)c1. The minimum Gasteiger partial charge on any atom is -0.477 e. The number of aliphatic hydroxyl groups is 1. The van der Waals surface area contributed by atoms with E-state index in [1.165, 1.54) is 0 Å². The number of benzene rings is 1. The molecule has 1 aromatic carbocycles. The number of rotatable bonds is 3. The summed E-state index contributed by atoms with van der Waals surface area (Å²) in [6.45, 7) is 1.56. The van der Waals surface area contributed by atoms with Crippen molar-refractivity contribution in [2.45, 2.75) is 13.5 Å². The van der Waals surface area contributed by atoms with Gasteiger partial charge in [0.15, 0.2) is 0 Å². The van der Waals surface area contributed by atoms with Crippen molar-refractivity contribution in [2.24, 2.45) is 5.73 Å². The third-order valence-electron chi connectivity index (χ3n) is 2.18. The molecular formula is C11H13NO3. The molecule has 0 saturated carbocycles. The first-order valence-corrected chi connectivity index (χ1v) is 4.46. The second-order valence-electron chi connectivity index (χ2n) is 3.20. The standard InChI is InChI=1S/C11H13NO3/c1-7(10(12)11(14)15)9-4-2-3-8(5-9)6-13/h2-5,13H,6,12H2,1H3,(H,14,15). The predicted molar refractivity (Wildman–Crippen MR) is 56.8 cm³/mol. The molecular weight excluding hydrogens is 194 g/mol. The Balaban J connectivity index is 3.16. The smallest absolute Gasteiger partial charge is 0.352 e. The van der Waals surface area contributed by atoms with Crippen molar-refractivity contribution in [3.05, 3.63) is 41.1 Å². The van der Waals surface area contributed by atoms with Gasteiger partial charge in [-0.25, -0.2) is 4.79 Å². The van der Waals surface area contributed by atoms with Crippen LogP contribution in [0.3, 0.4) is 0 Å². The highest BCUT2D eigenvalue weighted by molar-refractivity contribution is 5.94. The molecule has 0 fully saturated rings. The van der Waals surface area contributed by atoms with Crippen molar-refractivity contribution in [1.82, 2.24) is 0 Å². The van der Waals surface area contributed by atoms with Gasteiger partial charge < -0.3 is 15.9 Å². The van der Waals surface area contributed by atoms with Gasteiger partial charge in [-0.1, -0.05) is 18.2 Å². The Kier molecular flexibility index (Phi) is 3.46. The molecule has 4 N–H and O–H groups in total. The van der Waals surface area contributed by atoms with E-state index in [0.717, 1.165) is 5.56 Å². The number of carboxylic acid groups (broad SMARTS) is 1. The molecule has 15 heavy (non-hydrogen) atoms. The molecule has 1 rings (SSSR count). The second kappa shape index (κ2) is 4.61. The maximum absolute atomic E-state index is 10.6. The molecule has 0 bridgehead atoms. The Morgan fingerprint density at radius 1 is 1.47 bits per heavy atom. The number of aliphatic hydroxyl groups excluding tert-OH is 1. The molecule has 0 aromatic heterocycles. The maximum atomic E-state index is 10.6. The molecule has 80 valence electrons. The zero-order chi connectivity index (χ0) is 11.4. The van der Waals surface area contributed by atoms with E-state index in [4.69, 9.17) is 15.9 Å². The summed E-state index contributed by atoms with van der Waals surface area (Å²) >= 11 is 0. The lowest BCUT2D eigenvalue weighted by molar-refractivity contribution is -0.132. The molecule has 0 aliphatic rings. The minimum absolute atomic E-state index is 0.0753. The van der Waals surface area contributed by atoms with Crippen LogP contribution in [0.1, 0.15) is 18.1 Å². The van der Waals surface area contributed by atoms with Crippen molar-refractivity contribution in [3.63, 3.8) is 0 Å². The van der Waals surface area contributed by atoms with E-state index in [9.17, 15) is 4.79 Å². The van der Waals surface area contributed by atoms with Gasteiger partial charge in [0.25, 0.3) is 0 Å². The quantitative estimate of drug-likeness (QED) is 0.644. The topological polar surface area (TPSA) is 83.6 Å². The highest BCUT2D eigenvalue weighted by Gasteiger charge is 2.08. The van der Waals surface area contributed by atoms with Crippen LogP contribution in [0.4, 0.5) is 0 Å². The molecule has 4 heteroatoms. The largest absolute Gasteiger partial charge is 0.477 e. The van der Waals surface area contributed by atoms with Gasteiger partial charge in [0, 0.05) is 0 Å². The average Bonchev–Trinajstić information content (AvgIpc) is 2.27. The molecule has 0 aliphatic carbocycles. The number of allylic oxidation sites excluding steroid dienone is 1. The molecule has 0 saturated heterocycles. The molecule has 4 nitrogen and oxygen atoms in total. The Bertz CT molecular complexity index is 410. The first-order chi connectivity index (χ1) is 7.06. The van der Waals surface area contributed by atoms with Crippen LogP contribution in [-0.4, -0.2) is 16.2 Å². The van der Waals surface area contributed by atoms with Crippen LogP contribution >= 0.6 is 0 Å². The molecule has 0 spiro atoms. The van der Waals surface area contributed by atoms with Crippen LogP contribution in [0.2, 0.25) is 0 Å². The number of nitrogens with two attached hydrogens (primary N) is 1. The van der Waals surface area contributed by atoms with Gasteiger partial charge in [-0.15, -0.1) is 0 Å². The zero-order valence-electron chi connectivity index (χ0n) is 8.40. The summed E-state index contributed by atoms with van der Waals surface area (Å²) in [6, 6.07) is 6.97. The molecule has 0 radical (unpaired) electrons. The van der Waals surface area contributed by atoms with Gasteiger partial charge in [0.2, 0.25) is 0 Å². The van der Waals surface area contributed by atoms with Crippen molar-refractivity contribution in [3.8, 4) is 0 Å². The monoisotopic (exact) mass is 207 g/mol. The van der Waals surface area contributed by atoms with E-state index in [-0.39, 0.29) is 12.3 Å². The summed E-state index contributed by atoms with van der Waals surface area (Å²) in [6.07, 6.45) is 0. The number of hydrogen-bond donors (Lipinski definition) is 3. The van der Waals surface area contributed by atoms with E-state index in [2.05, 4.69) is 0 Å². The zero-order valence-corrected chi connectivity index (χ0v) is 8.40. The summed E-state index contributed by atoms with van der Waals surface area (Å²) in [5.74, 6) is -1.14. The van der Waals surface area contributed by atoms with Crippen LogP contribution in [0.15, 0.2) is 30.0 Å². The summed E-state index contributed by atoms with van der Waals surface area (Å²) < 4.78 is 0. The molecule has 0 aliphatic heterocycles. The Morgan fingerprint density at radius 3 is 2.67 bits per heavy atom. The average molecular weight is 207 g/mol. The summed E-state index contributed by atoms with van der Waals surface area (Å²) in [5.41, 5.74) is 7.16. The number of carbonyl (C=O) groups is 1. The number of aliphatic carboxylic acids is 1. The lowest BCUT2D eigenvalue weighted by Gasteiger charge is -2.05. The first-order valence-electron chi connectivity index (χ1n) is 4.46. The fraction of sp³-hybridized carbons (Fsp3) is 0.182. The fourth-order valence-corrected chi connectivity index (χ4v) is 1.22. The van der Waals surface area contributed by atoms with Gasteiger partial charge >= 0.3 is 5.97 Å². The van der Waals surface area contributed by atoms with Gasteiger partial charge in [-0.05, 0) is 29.7 Å². The summed E-state index contributed by atoms with van der Waals surface area (Å²) in [4.78, 5) is 10.6. The van der Waals surface area contributed by atoms with E-state index in [0.29, 0.717) is 11.1 Å². The van der Waals surface area contributed by atoms with Crippen LogP contribution in [0.25, 0.3) is 5.57 Å². The highest BCUT2D eigenvalue weighted by Crippen LogP contribution is 2.17. The first kappa shape index (κ1) is 11.3. The highest BCUT2D eigenvalue weighted by atomic mass is 16.4. The molecule has 1 aromatic rings. The van der Waals surface area contributed by atoms with Crippen LogP contribution in [0, 0.1) is 0 Å². The third kappa shape index (κ3) is 2.57. The van der Waals surface area contributed by atoms with Crippen LogP contribution in [-0.2, 0) is 11.4 Å². The van der Waals surface area contributed by atoms with Crippen molar-refractivity contribution < 1.29 is 15.0 Å².